The first kappa shape index (κ1) is 16.6. The number of H-pyrrole nitrogens is 1. The van der Waals surface area contributed by atoms with Gasteiger partial charge >= 0.3 is 5.97 Å². The predicted molar refractivity (Wildman–Crippen MR) is 97.8 cm³/mol. The number of nitrogens with one attached hydrogen (secondary N) is 1. The molecule has 0 aliphatic carbocycles. The van der Waals surface area contributed by atoms with E-state index in [0.29, 0.717) is 17.3 Å². The molecule has 0 saturated heterocycles. The average molecular weight is 342 g/mol. The van der Waals surface area contributed by atoms with Crippen LogP contribution in [0.4, 0.5) is 0 Å². The zero-order valence-electron chi connectivity index (χ0n) is 13.8. The van der Waals surface area contributed by atoms with Crippen molar-refractivity contribution in [2.45, 2.75) is 26.2 Å². The molecule has 3 nitrogen and oxygen atoms in total. The zero-order valence-corrected chi connectivity index (χ0v) is 14.6. The van der Waals surface area contributed by atoms with Crippen molar-refractivity contribution in [3.05, 3.63) is 70.4 Å². The van der Waals surface area contributed by atoms with E-state index in [9.17, 15) is 4.79 Å². The van der Waals surface area contributed by atoms with E-state index >= 15 is 0 Å². The Balaban J connectivity index is 2.24. The Kier molecular flexibility index (Phi) is 4.91. The summed E-state index contributed by atoms with van der Waals surface area (Å²) < 4.78 is 5.26. The van der Waals surface area contributed by atoms with E-state index in [2.05, 4.69) is 24.0 Å². The van der Waals surface area contributed by atoms with E-state index in [4.69, 9.17) is 16.3 Å². The van der Waals surface area contributed by atoms with E-state index in [0.717, 1.165) is 22.9 Å². The van der Waals surface area contributed by atoms with Crippen LogP contribution < -0.4 is 0 Å². The van der Waals surface area contributed by atoms with Crippen molar-refractivity contribution in [2.24, 2.45) is 0 Å². The summed E-state index contributed by atoms with van der Waals surface area (Å²) in [6.45, 7) is 4.28. The van der Waals surface area contributed by atoms with Gasteiger partial charge in [-0.1, -0.05) is 48.9 Å². The van der Waals surface area contributed by atoms with Gasteiger partial charge in [-0.25, -0.2) is 4.79 Å². The standard InChI is InChI=1S/C20H20ClNO2/c1-3-15(13-8-6-5-7-9-13)18-16-12-14(21)10-11-17(16)22-19(18)20(23)24-4-2/h5-12,15,22H,3-4H2,1-2H3. The highest BCUT2D eigenvalue weighted by Crippen LogP contribution is 2.37. The second kappa shape index (κ2) is 7.10. The third-order valence-corrected chi connectivity index (χ3v) is 4.47. The molecule has 1 N–H and O–H groups in total. The normalized spacial score (nSPS) is 12.3. The number of benzene rings is 2. The van der Waals surface area contributed by atoms with Gasteiger partial charge in [-0.15, -0.1) is 0 Å². The number of carbonyl (C=O) groups excluding carboxylic acids is 1. The van der Waals surface area contributed by atoms with Crippen molar-refractivity contribution in [3.63, 3.8) is 0 Å². The molecule has 0 amide bonds. The Morgan fingerprint density at radius 3 is 2.58 bits per heavy atom. The second-order valence-corrected chi connectivity index (χ2v) is 6.13. The number of hydrogen-bond donors (Lipinski definition) is 1. The van der Waals surface area contributed by atoms with Crippen molar-refractivity contribution in [1.82, 2.24) is 4.98 Å². The van der Waals surface area contributed by atoms with Gasteiger partial charge in [-0.05, 0) is 42.7 Å². The van der Waals surface area contributed by atoms with E-state index in [1.807, 2.05) is 43.3 Å². The van der Waals surface area contributed by atoms with E-state index in [-0.39, 0.29) is 11.9 Å². The van der Waals surface area contributed by atoms with Crippen LogP contribution in [-0.4, -0.2) is 17.6 Å². The molecule has 3 rings (SSSR count). The molecule has 0 fully saturated rings. The van der Waals surface area contributed by atoms with Gasteiger partial charge < -0.3 is 9.72 Å². The van der Waals surface area contributed by atoms with Crippen LogP contribution in [0.1, 0.15) is 47.8 Å². The number of aromatic nitrogens is 1. The number of esters is 1. The summed E-state index contributed by atoms with van der Waals surface area (Å²) in [7, 11) is 0. The van der Waals surface area contributed by atoms with Crippen LogP contribution in [0.5, 0.6) is 0 Å². The molecule has 3 aromatic rings. The van der Waals surface area contributed by atoms with Gasteiger partial charge in [-0.3, -0.25) is 0 Å². The number of fused-ring (bicyclic) bond motifs is 1. The topological polar surface area (TPSA) is 42.1 Å². The van der Waals surface area contributed by atoms with Crippen molar-refractivity contribution in [2.75, 3.05) is 6.61 Å². The fourth-order valence-corrected chi connectivity index (χ4v) is 3.38. The Hall–Kier alpha value is -2.26. The number of halogens is 1. The van der Waals surface area contributed by atoms with E-state index in [1.54, 1.807) is 0 Å². The molecule has 0 spiro atoms. The van der Waals surface area contributed by atoms with Gasteiger partial charge in [0.05, 0.1) is 6.61 Å². The number of hydrogen-bond acceptors (Lipinski definition) is 2. The van der Waals surface area contributed by atoms with Crippen LogP contribution in [-0.2, 0) is 4.74 Å². The smallest absolute Gasteiger partial charge is 0.355 e. The molecule has 1 heterocycles. The predicted octanol–water partition coefficient (Wildman–Crippen LogP) is 5.54. The lowest BCUT2D eigenvalue weighted by atomic mass is 9.87. The minimum atomic E-state index is -0.325. The van der Waals surface area contributed by atoms with Gasteiger partial charge in [0, 0.05) is 21.8 Å². The maximum absolute atomic E-state index is 12.5. The number of aromatic amines is 1. The summed E-state index contributed by atoms with van der Waals surface area (Å²) in [6.07, 6.45) is 0.871. The Bertz CT molecular complexity index is 855. The molecule has 1 aromatic heterocycles. The Labute approximate surface area is 146 Å². The molecule has 4 heteroatoms. The fourth-order valence-electron chi connectivity index (χ4n) is 3.20. The summed E-state index contributed by atoms with van der Waals surface area (Å²) in [5.74, 6) is -0.230. The Morgan fingerprint density at radius 1 is 1.17 bits per heavy atom. The minimum Gasteiger partial charge on any atom is -0.461 e. The molecule has 24 heavy (non-hydrogen) atoms. The van der Waals surface area contributed by atoms with Crippen molar-refractivity contribution < 1.29 is 9.53 Å². The highest BCUT2D eigenvalue weighted by Gasteiger charge is 2.25. The van der Waals surface area contributed by atoms with Crippen LogP contribution in [0.25, 0.3) is 10.9 Å². The monoisotopic (exact) mass is 341 g/mol. The third-order valence-electron chi connectivity index (χ3n) is 4.24. The Morgan fingerprint density at radius 2 is 1.92 bits per heavy atom. The summed E-state index contributed by atoms with van der Waals surface area (Å²) in [6, 6.07) is 15.8. The van der Waals surface area contributed by atoms with Crippen molar-refractivity contribution >= 4 is 28.5 Å². The molecule has 0 aliphatic rings. The molecule has 2 aromatic carbocycles. The van der Waals surface area contributed by atoms with Gasteiger partial charge in [0.1, 0.15) is 5.69 Å². The number of carbonyl (C=O) groups is 1. The van der Waals surface area contributed by atoms with Gasteiger partial charge in [-0.2, -0.15) is 0 Å². The van der Waals surface area contributed by atoms with Gasteiger partial charge in [0.25, 0.3) is 0 Å². The summed E-state index contributed by atoms with van der Waals surface area (Å²) in [4.78, 5) is 15.7. The molecule has 1 unspecified atom stereocenters. The molecular formula is C20H20ClNO2. The second-order valence-electron chi connectivity index (χ2n) is 5.70. The molecule has 1 atom stereocenters. The molecule has 0 radical (unpaired) electrons. The van der Waals surface area contributed by atoms with E-state index in [1.165, 1.54) is 5.56 Å². The molecule has 124 valence electrons. The largest absolute Gasteiger partial charge is 0.461 e. The zero-order chi connectivity index (χ0) is 17.1. The van der Waals surface area contributed by atoms with Crippen LogP contribution in [0.2, 0.25) is 5.02 Å². The maximum Gasteiger partial charge on any atom is 0.355 e. The van der Waals surface area contributed by atoms with E-state index < -0.39 is 0 Å². The minimum absolute atomic E-state index is 0.0952. The fraction of sp³-hybridized carbons (Fsp3) is 0.250. The van der Waals surface area contributed by atoms with Gasteiger partial charge in [0.2, 0.25) is 0 Å². The summed E-state index contributed by atoms with van der Waals surface area (Å²) in [5, 5.41) is 1.63. The van der Waals surface area contributed by atoms with Crippen LogP contribution in [0.3, 0.4) is 0 Å². The SMILES string of the molecule is CCOC(=O)c1[nH]c2ccc(Cl)cc2c1C(CC)c1ccccc1. The molecule has 0 aliphatic heterocycles. The highest BCUT2D eigenvalue weighted by molar-refractivity contribution is 6.31. The average Bonchev–Trinajstić information content (AvgIpc) is 2.96. The number of rotatable bonds is 5. The lowest BCUT2D eigenvalue weighted by molar-refractivity contribution is 0.0519. The first-order chi connectivity index (χ1) is 11.7. The molecular weight excluding hydrogens is 322 g/mol. The lowest BCUT2D eigenvalue weighted by Crippen LogP contribution is -2.11. The van der Waals surface area contributed by atoms with Crippen LogP contribution in [0.15, 0.2) is 48.5 Å². The summed E-state index contributed by atoms with van der Waals surface area (Å²) in [5.41, 5.74) is 3.54. The van der Waals surface area contributed by atoms with Crippen LogP contribution >= 0.6 is 11.6 Å². The maximum atomic E-state index is 12.5. The highest BCUT2D eigenvalue weighted by atomic mass is 35.5. The quantitative estimate of drug-likeness (QED) is 0.619. The summed E-state index contributed by atoms with van der Waals surface area (Å²) >= 11 is 6.20. The van der Waals surface area contributed by atoms with Gasteiger partial charge in [0.15, 0.2) is 0 Å². The third kappa shape index (κ3) is 3.04. The molecule has 0 bridgehead atoms. The van der Waals surface area contributed by atoms with Crippen molar-refractivity contribution in [3.8, 4) is 0 Å². The first-order valence-corrected chi connectivity index (χ1v) is 8.56. The van der Waals surface area contributed by atoms with Crippen molar-refractivity contribution in [1.29, 1.82) is 0 Å². The number of ether oxygens (including phenoxy) is 1. The molecule has 0 saturated carbocycles. The van der Waals surface area contributed by atoms with Crippen LogP contribution in [0, 0.1) is 0 Å². The lowest BCUT2D eigenvalue weighted by Gasteiger charge is -2.17. The first-order valence-electron chi connectivity index (χ1n) is 8.18.